The predicted octanol–water partition coefficient (Wildman–Crippen LogP) is 2.76. The minimum absolute atomic E-state index is 0.0431. The summed E-state index contributed by atoms with van der Waals surface area (Å²) in [6.07, 6.45) is 3.63. The number of rotatable bonds is 4. The molecule has 6 nitrogen and oxygen atoms in total. The molecule has 1 aliphatic rings. The summed E-state index contributed by atoms with van der Waals surface area (Å²) in [4.78, 5) is 10.3. The monoisotopic (exact) mass is 312 g/mol. The van der Waals surface area contributed by atoms with Crippen molar-refractivity contribution in [2.24, 2.45) is 5.92 Å². The molecule has 1 saturated carbocycles. The maximum atomic E-state index is 12.3. The minimum atomic E-state index is -3.70. The molecule has 0 atom stereocenters. The molecule has 2 rings (SSSR count). The van der Waals surface area contributed by atoms with Crippen LogP contribution in [-0.4, -0.2) is 19.4 Å². The van der Waals surface area contributed by atoms with Crippen LogP contribution in [0.25, 0.3) is 0 Å². The number of hydrogen-bond donors (Lipinski definition) is 1. The zero-order chi connectivity index (χ0) is 15.6. The van der Waals surface area contributed by atoms with Gasteiger partial charge in [-0.2, -0.15) is 0 Å². The zero-order valence-electron chi connectivity index (χ0n) is 12.2. The van der Waals surface area contributed by atoms with Gasteiger partial charge in [0.15, 0.2) is 0 Å². The standard InChI is InChI=1S/C14H20N2O4S/c1-10-3-6-12(7-4-10)15-21(19,20)13-8-5-11(2)14(9-13)16(17)18/h5,8-10,12,15H,3-4,6-7H2,1-2H3. The molecule has 1 fully saturated rings. The molecule has 0 heterocycles. The normalized spacial score (nSPS) is 23.0. The molecule has 0 saturated heterocycles. The van der Waals surface area contributed by atoms with Gasteiger partial charge >= 0.3 is 0 Å². The molecular weight excluding hydrogens is 292 g/mol. The minimum Gasteiger partial charge on any atom is -0.258 e. The average Bonchev–Trinajstić information content (AvgIpc) is 2.41. The van der Waals surface area contributed by atoms with Crippen LogP contribution in [0.2, 0.25) is 0 Å². The van der Waals surface area contributed by atoms with Gasteiger partial charge in [-0.25, -0.2) is 13.1 Å². The summed E-state index contributed by atoms with van der Waals surface area (Å²) in [7, 11) is -3.70. The Morgan fingerprint density at radius 3 is 2.43 bits per heavy atom. The van der Waals surface area contributed by atoms with Crippen LogP contribution in [-0.2, 0) is 10.0 Å². The number of nitro benzene ring substituents is 1. The van der Waals surface area contributed by atoms with Crippen LogP contribution in [0, 0.1) is 23.0 Å². The van der Waals surface area contributed by atoms with Crippen LogP contribution in [0.3, 0.4) is 0 Å². The second kappa shape index (κ2) is 6.11. The largest absolute Gasteiger partial charge is 0.273 e. The maximum absolute atomic E-state index is 12.3. The molecule has 0 bridgehead atoms. The van der Waals surface area contributed by atoms with Crippen LogP contribution in [0.15, 0.2) is 23.1 Å². The first-order valence-corrected chi connectivity index (χ1v) is 8.55. The molecule has 0 unspecified atom stereocenters. The van der Waals surface area contributed by atoms with E-state index in [0.29, 0.717) is 11.5 Å². The Hall–Kier alpha value is -1.47. The third-order valence-electron chi connectivity index (χ3n) is 4.03. The van der Waals surface area contributed by atoms with Crippen molar-refractivity contribution >= 4 is 15.7 Å². The molecule has 1 aliphatic carbocycles. The second-order valence-corrected chi connectivity index (χ2v) is 7.50. The number of nitrogens with one attached hydrogen (secondary N) is 1. The van der Waals surface area contributed by atoms with Gasteiger partial charge in [0.25, 0.3) is 5.69 Å². The van der Waals surface area contributed by atoms with Gasteiger partial charge in [-0.1, -0.05) is 13.0 Å². The lowest BCUT2D eigenvalue weighted by Crippen LogP contribution is -2.37. The van der Waals surface area contributed by atoms with Crippen molar-refractivity contribution in [3.05, 3.63) is 33.9 Å². The van der Waals surface area contributed by atoms with Gasteiger partial charge in [0.2, 0.25) is 10.0 Å². The summed E-state index contributed by atoms with van der Waals surface area (Å²) in [6.45, 7) is 3.75. The lowest BCUT2D eigenvalue weighted by atomic mass is 9.88. The Morgan fingerprint density at radius 1 is 1.24 bits per heavy atom. The molecule has 1 aromatic rings. The van der Waals surface area contributed by atoms with Crippen LogP contribution < -0.4 is 4.72 Å². The molecule has 0 aliphatic heterocycles. The van der Waals surface area contributed by atoms with E-state index < -0.39 is 14.9 Å². The third kappa shape index (κ3) is 3.79. The fraction of sp³-hybridized carbons (Fsp3) is 0.571. The molecule has 1 N–H and O–H groups in total. The Morgan fingerprint density at radius 2 is 1.86 bits per heavy atom. The number of hydrogen-bond acceptors (Lipinski definition) is 4. The van der Waals surface area contributed by atoms with Crippen molar-refractivity contribution in [1.29, 1.82) is 0 Å². The van der Waals surface area contributed by atoms with E-state index in [9.17, 15) is 18.5 Å². The molecule has 116 valence electrons. The Balaban J connectivity index is 2.20. The highest BCUT2D eigenvalue weighted by atomic mass is 32.2. The quantitative estimate of drug-likeness (QED) is 0.684. The maximum Gasteiger partial charge on any atom is 0.273 e. The highest BCUT2D eigenvalue weighted by Gasteiger charge is 2.25. The van der Waals surface area contributed by atoms with E-state index in [1.54, 1.807) is 6.92 Å². The van der Waals surface area contributed by atoms with Crippen LogP contribution in [0.4, 0.5) is 5.69 Å². The highest BCUT2D eigenvalue weighted by molar-refractivity contribution is 7.89. The van der Waals surface area contributed by atoms with Gasteiger partial charge < -0.3 is 0 Å². The molecule has 7 heteroatoms. The summed E-state index contributed by atoms with van der Waals surface area (Å²) in [5.41, 5.74) is 0.278. The predicted molar refractivity (Wildman–Crippen MR) is 79.6 cm³/mol. The molecule has 21 heavy (non-hydrogen) atoms. The molecule has 0 radical (unpaired) electrons. The second-order valence-electron chi connectivity index (χ2n) is 5.78. The first-order chi connectivity index (χ1) is 9.79. The van der Waals surface area contributed by atoms with Gasteiger partial charge in [0.1, 0.15) is 0 Å². The molecule has 0 spiro atoms. The lowest BCUT2D eigenvalue weighted by molar-refractivity contribution is -0.385. The number of nitrogens with zero attached hydrogens (tertiary/aromatic N) is 1. The number of aryl methyl sites for hydroxylation is 1. The average molecular weight is 312 g/mol. The number of nitro groups is 1. The zero-order valence-corrected chi connectivity index (χ0v) is 13.0. The fourth-order valence-electron chi connectivity index (χ4n) is 2.62. The Kier molecular flexibility index (Phi) is 4.63. The van der Waals surface area contributed by atoms with E-state index in [4.69, 9.17) is 0 Å². The summed E-state index contributed by atoms with van der Waals surface area (Å²) < 4.78 is 27.3. The van der Waals surface area contributed by atoms with Crippen molar-refractivity contribution in [2.45, 2.75) is 50.5 Å². The van der Waals surface area contributed by atoms with Crippen molar-refractivity contribution in [3.8, 4) is 0 Å². The highest BCUT2D eigenvalue weighted by Crippen LogP contribution is 2.26. The van der Waals surface area contributed by atoms with E-state index >= 15 is 0 Å². The smallest absolute Gasteiger partial charge is 0.258 e. The first-order valence-electron chi connectivity index (χ1n) is 7.07. The molecule has 1 aromatic carbocycles. The van der Waals surface area contributed by atoms with Crippen LogP contribution >= 0.6 is 0 Å². The van der Waals surface area contributed by atoms with Gasteiger partial charge in [-0.15, -0.1) is 0 Å². The van der Waals surface area contributed by atoms with E-state index in [1.807, 2.05) is 0 Å². The van der Waals surface area contributed by atoms with Gasteiger partial charge in [0.05, 0.1) is 9.82 Å². The summed E-state index contributed by atoms with van der Waals surface area (Å²) in [5.74, 6) is 0.631. The molecular formula is C14H20N2O4S. The van der Waals surface area contributed by atoms with Gasteiger partial charge in [-0.3, -0.25) is 10.1 Å². The number of sulfonamides is 1. The van der Waals surface area contributed by atoms with Crippen molar-refractivity contribution < 1.29 is 13.3 Å². The third-order valence-corrected chi connectivity index (χ3v) is 5.54. The summed E-state index contributed by atoms with van der Waals surface area (Å²) in [5, 5.41) is 10.9. The van der Waals surface area contributed by atoms with Crippen LogP contribution in [0.1, 0.15) is 38.2 Å². The van der Waals surface area contributed by atoms with E-state index in [0.717, 1.165) is 31.7 Å². The van der Waals surface area contributed by atoms with Crippen LogP contribution in [0.5, 0.6) is 0 Å². The molecule has 0 aromatic heterocycles. The fourth-order valence-corrected chi connectivity index (χ4v) is 3.94. The van der Waals surface area contributed by atoms with E-state index in [-0.39, 0.29) is 16.6 Å². The van der Waals surface area contributed by atoms with Gasteiger partial charge in [0, 0.05) is 17.7 Å². The van der Waals surface area contributed by atoms with E-state index in [2.05, 4.69) is 11.6 Å². The summed E-state index contributed by atoms with van der Waals surface area (Å²) in [6, 6.07) is 3.93. The summed E-state index contributed by atoms with van der Waals surface area (Å²) >= 11 is 0. The Bertz CT molecular complexity index is 634. The topological polar surface area (TPSA) is 89.3 Å². The van der Waals surface area contributed by atoms with Crippen molar-refractivity contribution in [3.63, 3.8) is 0 Å². The number of benzene rings is 1. The Labute approximate surface area is 124 Å². The molecule has 0 amide bonds. The first kappa shape index (κ1) is 15.9. The van der Waals surface area contributed by atoms with Crippen molar-refractivity contribution in [2.75, 3.05) is 0 Å². The van der Waals surface area contributed by atoms with Gasteiger partial charge in [-0.05, 0) is 44.6 Å². The SMILES string of the molecule is Cc1ccc(S(=O)(=O)NC2CCC(C)CC2)cc1[N+](=O)[O-]. The van der Waals surface area contributed by atoms with Crippen molar-refractivity contribution in [1.82, 2.24) is 4.72 Å². The van der Waals surface area contributed by atoms with E-state index in [1.165, 1.54) is 12.1 Å². The lowest BCUT2D eigenvalue weighted by Gasteiger charge is -2.26.